The summed E-state index contributed by atoms with van der Waals surface area (Å²) >= 11 is 0. The first-order valence-corrected chi connectivity index (χ1v) is 4.68. The van der Waals surface area contributed by atoms with Gasteiger partial charge in [0.2, 0.25) is 0 Å². The Labute approximate surface area is 78.5 Å². The van der Waals surface area contributed by atoms with Crippen molar-refractivity contribution in [3.8, 4) is 0 Å². The van der Waals surface area contributed by atoms with Gasteiger partial charge >= 0.3 is 0 Å². The lowest BCUT2D eigenvalue weighted by molar-refractivity contribution is 0.134. The standard InChI is InChI=1S/C11H14O2/c1-2-12-7-9-3-5-10(6-4-9)11-8-13-11/h3-6,11H,2,7-8H2,1H3. The van der Waals surface area contributed by atoms with Crippen molar-refractivity contribution >= 4 is 0 Å². The normalized spacial score (nSPS) is 20.2. The van der Waals surface area contributed by atoms with Gasteiger partial charge in [0, 0.05) is 6.61 Å². The van der Waals surface area contributed by atoms with Crippen LogP contribution >= 0.6 is 0 Å². The molecule has 0 spiro atoms. The smallest absolute Gasteiger partial charge is 0.106 e. The van der Waals surface area contributed by atoms with Crippen LogP contribution in [-0.2, 0) is 16.1 Å². The van der Waals surface area contributed by atoms with Gasteiger partial charge in [-0.2, -0.15) is 0 Å². The van der Waals surface area contributed by atoms with Gasteiger partial charge in [-0.25, -0.2) is 0 Å². The highest BCUT2D eigenvalue weighted by Crippen LogP contribution is 2.29. The zero-order valence-corrected chi connectivity index (χ0v) is 7.82. The van der Waals surface area contributed by atoms with Crippen molar-refractivity contribution in [2.24, 2.45) is 0 Å². The van der Waals surface area contributed by atoms with E-state index < -0.39 is 0 Å². The maximum atomic E-state index is 5.30. The van der Waals surface area contributed by atoms with E-state index in [4.69, 9.17) is 9.47 Å². The lowest BCUT2D eigenvalue weighted by Gasteiger charge is -2.02. The fourth-order valence-corrected chi connectivity index (χ4v) is 1.29. The van der Waals surface area contributed by atoms with Gasteiger partial charge in [-0.3, -0.25) is 0 Å². The largest absolute Gasteiger partial charge is 0.377 e. The Morgan fingerprint density at radius 1 is 1.38 bits per heavy atom. The van der Waals surface area contributed by atoms with Gasteiger partial charge < -0.3 is 9.47 Å². The Bertz CT molecular complexity index is 262. The summed E-state index contributed by atoms with van der Waals surface area (Å²) in [6.07, 6.45) is 0.362. The quantitative estimate of drug-likeness (QED) is 0.660. The van der Waals surface area contributed by atoms with Crippen LogP contribution in [0.1, 0.15) is 24.2 Å². The van der Waals surface area contributed by atoms with Crippen molar-refractivity contribution in [3.63, 3.8) is 0 Å². The molecule has 13 heavy (non-hydrogen) atoms. The Morgan fingerprint density at radius 3 is 2.62 bits per heavy atom. The van der Waals surface area contributed by atoms with Crippen LogP contribution < -0.4 is 0 Å². The molecule has 0 aliphatic carbocycles. The summed E-state index contributed by atoms with van der Waals surface area (Å²) < 4.78 is 10.5. The molecule has 0 aromatic heterocycles. The molecule has 0 N–H and O–H groups in total. The van der Waals surface area contributed by atoms with Crippen molar-refractivity contribution in [1.29, 1.82) is 0 Å². The number of hydrogen-bond donors (Lipinski definition) is 0. The van der Waals surface area contributed by atoms with Crippen LogP contribution in [0.4, 0.5) is 0 Å². The summed E-state index contributed by atoms with van der Waals surface area (Å²) in [6, 6.07) is 8.44. The number of hydrogen-bond acceptors (Lipinski definition) is 2. The van der Waals surface area contributed by atoms with Crippen LogP contribution in [0.5, 0.6) is 0 Å². The Morgan fingerprint density at radius 2 is 2.08 bits per heavy atom. The summed E-state index contributed by atoms with van der Waals surface area (Å²) in [6.45, 7) is 4.37. The number of benzene rings is 1. The van der Waals surface area contributed by atoms with Gasteiger partial charge in [0.25, 0.3) is 0 Å². The summed E-state index contributed by atoms with van der Waals surface area (Å²) in [5.74, 6) is 0. The maximum absolute atomic E-state index is 5.30. The molecule has 1 aromatic rings. The third-order valence-electron chi connectivity index (χ3n) is 2.16. The van der Waals surface area contributed by atoms with E-state index in [9.17, 15) is 0 Å². The average molecular weight is 178 g/mol. The van der Waals surface area contributed by atoms with Crippen molar-refractivity contribution in [1.82, 2.24) is 0 Å². The minimum Gasteiger partial charge on any atom is -0.377 e. The van der Waals surface area contributed by atoms with Crippen LogP contribution in [0, 0.1) is 0 Å². The Kier molecular flexibility index (Phi) is 2.62. The molecule has 1 fully saturated rings. The second kappa shape index (κ2) is 3.90. The molecule has 1 heterocycles. The maximum Gasteiger partial charge on any atom is 0.106 e. The number of rotatable bonds is 4. The Balaban J connectivity index is 1.96. The molecule has 0 amide bonds. The van der Waals surface area contributed by atoms with E-state index in [0.29, 0.717) is 12.7 Å². The molecule has 2 rings (SSSR count). The van der Waals surface area contributed by atoms with Crippen LogP contribution in [0.3, 0.4) is 0 Å². The number of ether oxygens (including phenoxy) is 2. The van der Waals surface area contributed by atoms with E-state index in [1.54, 1.807) is 0 Å². The molecule has 2 heteroatoms. The average Bonchev–Trinajstić information content (AvgIpc) is 2.99. The molecule has 2 nitrogen and oxygen atoms in total. The van der Waals surface area contributed by atoms with Gasteiger partial charge in [-0.1, -0.05) is 24.3 Å². The lowest BCUT2D eigenvalue weighted by Crippen LogP contribution is -1.91. The molecule has 1 atom stereocenters. The fraction of sp³-hybridized carbons (Fsp3) is 0.455. The molecule has 1 aliphatic heterocycles. The third-order valence-corrected chi connectivity index (χ3v) is 2.16. The van der Waals surface area contributed by atoms with Gasteiger partial charge in [0.1, 0.15) is 6.10 Å². The van der Waals surface area contributed by atoms with Crippen molar-refractivity contribution in [2.45, 2.75) is 19.6 Å². The van der Waals surface area contributed by atoms with E-state index in [0.717, 1.165) is 13.2 Å². The van der Waals surface area contributed by atoms with Crippen LogP contribution in [-0.4, -0.2) is 13.2 Å². The monoisotopic (exact) mass is 178 g/mol. The first-order chi connectivity index (χ1) is 6.40. The van der Waals surface area contributed by atoms with Crippen molar-refractivity contribution in [2.75, 3.05) is 13.2 Å². The molecular formula is C11H14O2. The minimum atomic E-state index is 0.362. The molecule has 1 saturated heterocycles. The second-order valence-electron chi connectivity index (χ2n) is 3.20. The third kappa shape index (κ3) is 2.29. The molecule has 0 saturated carbocycles. The molecule has 1 unspecified atom stereocenters. The van der Waals surface area contributed by atoms with Crippen molar-refractivity contribution in [3.05, 3.63) is 35.4 Å². The zero-order valence-electron chi connectivity index (χ0n) is 7.82. The minimum absolute atomic E-state index is 0.362. The van der Waals surface area contributed by atoms with Crippen LogP contribution in [0.15, 0.2) is 24.3 Å². The zero-order chi connectivity index (χ0) is 9.10. The van der Waals surface area contributed by atoms with E-state index in [1.807, 2.05) is 6.92 Å². The van der Waals surface area contributed by atoms with E-state index >= 15 is 0 Å². The van der Waals surface area contributed by atoms with Gasteiger partial charge in [0.15, 0.2) is 0 Å². The Hall–Kier alpha value is -0.860. The second-order valence-corrected chi connectivity index (χ2v) is 3.20. The highest BCUT2D eigenvalue weighted by Gasteiger charge is 2.24. The summed E-state index contributed by atoms with van der Waals surface area (Å²) in [5, 5.41) is 0. The SMILES string of the molecule is CCOCc1ccc(C2CO2)cc1. The lowest BCUT2D eigenvalue weighted by atomic mass is 10.1. The van der Waals surface area contributed by atoms with Crippen molar-refractivity contribution < 1.29 is 9.47 Å². The topological polar surface area (TPSA) is 21.8 Å². The summed E-state index contributed by atoms with van der Waals surface area (Å²) in [5.41, 5.74) is 2.51. The molecule has 70 valence electrons. The molecule has 1 aromatic carbocycles. The van der Waals surface area contributed by atoms with E-state index in [1.165, 1.54) is 11.1 Å². The predicted octanol–water partition coefficient (Wildman–Crippen LogP) is 2.29. The van der Waals surface area contributed by atoms with E-state index in [2.05, 4.69) is 24.3 Å². The van der Waals surface area contributed by atoms with Crippen LogP contribution in [0.25, 0.3) is 0 Å². The first kappa shape index (κ1) is 8.73. The van der Waals surface area contributed by atoms with Gasteiger partial charge in [0.05, 0.1) is 13.2 Å². The highest BCUT2D eigenvalue weighted by molar-refractivity contribution is 5.25. The molecule has 0 bridgehead atoms. The molecule has 1 aliphatic rings. The fourth-order valence-electron chi connectivity index (χ4n) is 1.29. The summed E-state index contributed by atoms with van der Waals surface area (Å²) in [7, 11) is 0. The first-order valence-electron chi connectivity index (χ1n) is 4.68. The van der Waals surface area contributed by atoms with Gasteiger partial charge in [-0.05, 0) is 18.1 Å². The summed E-state index contributed by atoms with van der Waals surface area (Å²) in [4.78, 5) is 0. The van der Waals surface area contributed by atoms with E-state index in [-0.39, 0.29) is 0 Å². The highest BCUT2D eigenvalue weighted by atomic mass is 16.6. The predicted molar refractivity (Wildman–Crippen MR) is 50.5 cm³/mol. The molecular weight excluding hydrogens is 164 g/mol. The number of epoxide rings is 1. The molecule has 0 radical (unpaired) electrons. The van der Waals surface area contributed by atoms with Gasteiger partial charge in [-0.15, -0.1) is 0 Å². The van der Waals surface area contributed by atoms with Crippen LogP contribution in [0.2, 0.25) is 0 Å².